The Morgan fingerprint density at radius 1 is 0.821 bits per heavy atom. The smallest absolute Gasteiger partial charge is 0.315 e. The predicted molar refractivity (Wildman–Crippen MR) is 151 cm³/mol. The second-order valence-electron chi connectivity index (χ2n) is 12.6. The number of amides is 2. The number of anilines is 3. The van der Waals surface area contributed by atoms with Gasteiger partial charge in [0.15, 0.2) is 5.82 Å². The number of piperidine rings is 1. The van der Waals surface area contributed by atoms with Crippen LogP contribution in [0.2, 0.25) is 0 Å². The molecule has 0 spiro atoms. The molecular formula is C29H43N9O. The fourth-order valence-electron chi connectivity index (χ4n) is 7.75. The van der Waals surface area contributed by atoms with Crippen LogP contribution < -0.4 is 21.3 Å². The first kappa shape index (κ1) is 25.1. The van der Waals surface area contributed by atoms with Crippen molar-refractivity contribution >= 4 is 23.6 Å². The Hall–Kier alpha value is -2.88. The van der Waals surface area contributed by atoms with E-state index in [9.17, 15) is 4.79 Å². The number of fused-ring (bicyclic) bond motifs is 2. The summed E-state index contributed by atoms with van der Waals surface area (Å²) in [6.07, 6.45) is 18.4. The maximum Gasteiger partial charge on any atom is 0.315 e. The van der Waals surface area contributed by atoms with Gasteiger partial charge < -0.3 is 21.3 Å². The van der Waals surface area contributed by atoms with E-state index in [2.05, 4.69) is 52.4 Å². The number of carbonyl (C=O) groups is 1. The van der Waals surface area contributed by atoms with Gasteiger partial charge in [-0.2, -0.15) is 10.1 Å². The Kier molecular flexibility index (Phi) is 7.05. The molecule has 2 amide bonds. The average Bonchev–Trinajstić information content (AvgIpc) is 3.29. The molecule has 2 unspecified atom stereocenters. The molecule has 4 heterocycles. The molecule has 3 aliphatic carbocycles. The van der Waals surface area contributed by atoms with Crippen molar-refractivity contribution in [2.75, 3.05) is 10.6 Å². The molecule has 2 atom stereocenters. The molecule has 10 nitrogen and oxygen atoms in total. The molecule has 10 heteroatoms. The number of carbonyl (C=O) groups excluding carboxylic acids is 1. The van der Waals surface area contributed by atoms with Gasteiger partial charge in [-0.3, -0.25) is 10.00 Å². The number of H-pyrrole nitrogens is 1. The van der Waals surface area contributed by atoms with E-state index in [0.29, 0.717) is 36.0 Å². The van der Waals surface area contributed by atoms with Gasteiger partial charge in [0.2, 0.25) is 5.95 Å². The summed E-state index contributed by atoms with van der Waals surface area (Å²) in [6, 6.07) is 7.08. The Morgan fingerprint density at radius 3 is 2.26 bits per heavy atom. The number of rotatable bonds is 8. The molecule has 210 valence electrons. The van der Waals surface area contributed by atoms with E-state index < -0.39 is 0 Å². The number of nitrogens with one attached hydrogen (secondary N) is 5. The molecule has 2 aromatic heterocycles. The molecule has 2 saturated heterocycles. The van der Waals surface area contributed by atoms with Gasteiger partial charge in [0.05, 0.1) is 0 Å². The first-order valence-electron chi connectivity index (χ1n) is 15.4. The highest BCUT2D eigenvalue weighted by atomic mass is 16.2. The average molecular weight is 534 g/mol. The molecule has 39 heavy (non-hydrogen) atoms. The topological polar surface area (TPSA) is 123 Å². The highest BCUT2D eigenvalue weighted by Gasteiger charge is 2.47. The minimum absolute atomic E-state index is 0.0206. The van der Waals surface area contributed by atoms with Crippen LogP contribution in [0.25, 0.3) is 0 Å². The molecule has 3 saturated carbocycles. The molecule has 0 aromatic carbocycles. The van der Waals surface area contributed by atoms with Gasteiger partial charge in [-0.15, -0.1) is 0 Å². The maximum atomic E-state index is 12.8. The normalized spacial score (nSPS) is 31.2. The summed E-state index contributed by atoms with van der Waals surface area (Å²) in [7, 11) is 0. The number of urea groups is 1. The molecule has 5 aliphatic rings. The van der Waals surface area contributed by atoms with E-state index in [1.54, 1.807) is 6.20 Å². The van der Waals surface area contributed by atoms with Crippen LogP contribution in [-0.2, 0) is 0 Å². The summed E-state index contributed by atoms with van der Waals surface area (Å²) < 4.78 is 0. The van der Waals surface area contributed by atoms with Gasteiger partial charge in [-0.1, -0.05) is 12.8 Å². The maximum absolute atomic E-state index is 12.8. The quantitative estimate of drug-likeness (QED) is 0.331. The summed E-state index contributed by atoms with van der Waals surface area (Å²) in [5, 5.41) is 21.0. The third-order valence-electron chi connectivity index (χ3n) is 9.79. The molecule has 2 bridgehead atoms. The largest absolute Gasteiger partial charge is 0.351 e. The molecule has 2 aromatic rings. The van der Waals surface area contributed by atoms with Crippen molar-refractivity contribution in [1.82, 2.24) is 35.7 Å². The van der Waals surface area contributed by atoms with Crippen molar-refractivity contribution in [3.8, 4) is 0 Å². The van der Waals surface area contributed by atoms with Crippen molar-refractivity contribution in [1.29, 1.82) is 0 Å². The fourth-order valence-corrected chi connectivity index (χ4v) is 7.75. The van der Waals surface area contributed by atoms with Crippen LogP contribution in [0.3, 0.4) is 0 Å². The van der Waals surface area contributed by atoms with Gasteiger partial charge in [-0.25, -0.2) is 9.78 Å². The van der Waals surface area contributed by atoms with Crippen molar-refractivity contribution in [2.24, 2.45) is 0 Å². The minimum atomic E-state index is 0.0206. The van der Waals surface area contributed by atoms with Crippen LogP contribution in [0.4, 0.5) is 22.4 Å². The summed E-state index contributed by atoms with van der Waals surface area (Å²) in [4.78, 5) is 24.7. The molecule has 5 N–H and O–H groups in total. The fraction of sp³-hybridized carbons (Fsp3) is 0.724. The summed E-state index contributed by atoms with van der Waals surface area (Å²) >= 11 is 0. The lowest BCUT2D eigenvalue weighted by atomic mass is 9.91. The van der Waals surface area contributed by atoms with E-state index in [1.165, 1.54) is 57.1 Å². The zero-order chi connectivity index (χ0) is 26.2. The highest BCUT2D eigenvalue weighted by Crippen LogP contribution is 2.43. The Balaban J connectivity index is 0.847. The Labute approximate surface area is 230 Å². The number of aromatic amines is 1. The van der Waals surface area contributed by atoms with Gasteiger partial charge in [0.25, 0.3) is 0 Å². The molecular weight excluding hydrogens is 490 g/mol. The van der Waals surface area contributed by atoms with Gasteiger partial charge in [-0.05, 0) is 83.1 Å². The van der Waals surface area contributed by atoms with Crippen LogP contribution in [0.15, 0.2) is 18.3 Å². The monoisotopic (exact) mass is 533 g/mol. The lowest BCUT2D eigenvalue weighted by Gasteiger charge is -2.39. The van der Waals surface area contributed by atoms with Gasteiger partial charge >= 0.3 is 6.03 Å². The first-order valence-corrected chi connectivity index (χ1v) is 15.4. The lowest BCUT2D eigenvalue weighted by Crippen LogP contribution is -2.54. The Bertz CT molecular complexity index is 1120. The van der Waals surface area contributed by atoms with Crippen LogP contribution >= 0.6 is 0 Å². The number of hydrogen-bond donors (Lipinski definition) is 5. The van der Waals surface area contributed by atoms with Crippen molar-refractivity contribution in [2.45, 2.75) is 132 Å². The zero-order valence-electron chi connectivity index (χ0n) is 22.9. The summed E-state index contributed by atoms with van der Waals surface area (Å²) in [6.45, 7) is 0. The third-order valence-corrected chi connectivity index (χ3v) is 9.79. The second kappa shape index (κ2) is 10.9. The molecule has 0 radical (unpaired) electrons. The second-order valence-corrected chi connectivity index (χ2v) is 12.6. The van der Waals surface area contributed by atoms with E-state index >= 15 is 0 Å². The molecule has 5 fully saturated rings. The van der Waals surface area contributed by atoms with E-state index in [4.69, 9.17) is 0 Å². The van der Waals surface area contributed by atoms with Crippen molar-refractivity contribution in [3.05, 3.63) is 24.0 Å². The summed E-state index contributed by atoms with van der Waals surface area (Å²) in [5.41, 5.74) is 1.22. The van der Waals surface area contributed by atoms with Crippen LogP contribution in [-0.4, -0.2) is 67.3 Å². The van der Waals surface area contributed by atoms with Gasteiger partial charge in [0, 0.05) is 60.1 Å². The zero-order valence-corrected chi connectivity index (χ0v) is 22.9. The van der Waals surface area contributed by atoms with Crippen molar-refractivity contribution < 1.29 is 4.79 Å². The minimum Gasteiger partial charge on any atom is -0.351 e. The van der Waals surface area contributed by atoms with Crippen LogP contribution in [0.1, 0.15) is 102 Å². The third kappa shape index (κ3) is 5.85. The van der Waals surface area contributed by atoms with Crippen LogP contribution in [0.5, 0.6) is 0 Å². The van der Waals surface area contributed by atoms with Crippen molar-refractivity contribution in [3.63, 3.8) is 0 Å². The lowest BCUT2D eigenvalue weighted by molar-refractivity contribution is 0.110. The predicted octanol–water partition coefficient (Wildman–Crippen LogP) is 4.78. The number of nitrogens with zero attached hydrogens (tertiary/aromatic N) is 4. The standard InChI is InChI=1S/C29H43N9O/c39-29(33-21-15-23-11-12-24(16-21)38(23)22-9-10-22)32-20-7-5-19(6-8-20)31-28-30-14-13-26(35-28)34-27-17-25(36-37-27)18-3-1-2-4-18/h13-14,17-24H,1-12,15-16H2,(H2,32,33,39)(H3,30,31,34,35,36,37). The van der Waals surface area contributed by atoms with E-state index in [1.807, 2.05) is 6.07 Å². The van der Waals surface area contributed by atoms with E-state index in [-0.39, 0.29) is 12.1 Å². The SMILES string of the molecule is O=C(NC1CCC(Nc2nccc(Nc3cc(C4CCCC4)[nH]n3)n2)CC1)NC1CC2CCC(C1)N2C1CC1. The molecule has 7 rings (SSSR count). The highest BCUT2D eigenvalue weighted by molar-refractivity contribution is 5.74. The molecule has 2 aliphatic heterocycles. The first-order chi connectivity index (χ1) is 19.2. The Morgan fingerprint density at radius 2 is 1.51 bits per heavy atom. The van der Waals surface area contributed by atoms with Crippen LogP contribution in [0, 0.1) is 0 Å². The van der Waals surface area contributed by atoms with Gasteiger partial charge in [0.1, 0.15) is 5.82 Å². The number of hydrogen-bond acceptors (Lipinski definition) is 7. The number of aromatic nitrogens is 4. The summed E-state index contributed by atoms with van der Waals surface area (Å²) in [5.74, 6) is 2.77. The van der Waals surface area contributed by atoms with E-state index in [0.717, 1.165) is 56.2 Å².